The number of hydrogen-bond donors (Lipinski definition) is 1. The molecule has 0 aromatic carbocycles. The Hall–Kier alpha value is -2.13. The maximum absolute atomic E-state index is 12.8. The Balaban J connectivity index is 1.27. The fraction of sp³-hybridized carbons (Fsp3) is 0.565. The monoisotopic (exact) mass is 470 g/mol. The molecule has 1 N–H and O–H groups in total. The van der Waals surface area contributed by atoms with E-state index in [1.54, 1.807) is 17.5 Å². The van der Waals surface area contributed by atoms with Gasteiger partial charge in [0.25, 0.3) is 0 Å². The Bertz CT molecular complexity index is 1020. The van der Waals surface area contributed by atoms with Gasteiger partial charge in [0.2, 0.25) is 5.91 Å². The van der Waals surface area contributed by atoms with Crippen molar-refractivity contribution in [2.24, 2.45) is 0 Å². The molecule has 7 nitrogen and oxygen atoms in total. The number of thioether (sulfide) groups is 1. The number of carbonyl (C=O) groups is 1. The van der Waals surface area contributed by atoms with Gasteiger partial charge in [-0.05, 0) is 37.1 Å². The molecule has 0 saturated heterocycles. The van der Waals surface area contributed by atoms with E-state index in [2.05, 4.69) is 42.7 Å². The fourth-order valence-electron chi connectivity index (χ4n) is 4.96. The van der Waals surface area contributed by atoms with E-state index in [-0.39, 0.29) is 5.91 Å². The van der Waals surface area contributed by atoms with Gasteiger partial charge in [0, 0.05) is 23.4 Å². The van der Waals surface area contributed by atoms with Gasteiger partial charge in [-0.25, -0.2) is 4.68 Å². The molecule has 0 spiro atoms. The SMILES string of the molecule is O=C(CSc1nnc(Cc2cccs2)n1C1CCCCC1)Nc1ccnn1C1CCCC1. The van der Waals surface area contributed by atoms with Gasteiger partial charge in [0.15, 0.2) is 5.16 Å². The smallest absolute Gasteiger partial charge is 0.235 e. The molecule has 3 aromatic heterocycles. The number of amides is 1. The first-order valence-electron chi connectivity index (χ1n) is 11.7. The fourth-order valence-corrected chi connectivity index (χ4v) is 6.49. The van der Waals surface area contributed by atoms with Crippen molar-refractivity contribution in [2.45, 2.75) is 81.4 Å². The first-order chi connectivity index (χ1) is 15.8. The predicted octanol–water partition coefficient (Wildman–Crippen LogP) is 5.48. The third kappa shape index (κ3) is 4.93. The molecule has 32 heavy (non-hydrogen) atoms. The summed E-state index contributed by atoms with van der Waals surface area (Å²) in [4.78, 5) is 14.1. The minimum atomic E-state index is -0.0206. The van der Waals surface area contributed by atoms with Crippen molar-refractivity contribution in [1.29, 1.82) is 0 Å². The van der Waals surface area contributed by atoms with E-state index in [9.17, 15) is 4.79 Å². The molecule has 0 bridgehead atoms. The average Bonchev–Trinajstić information content (AvgIpc) is 3.60. The zero-order valence-corrected chi connectivity index (χ0v) is 19.9. The molecule has 2 aliphatic rings. The summed E-state index contributed by atoms with van der Waals surface area (Å²) in [5.74, 6) is 2.11. The maximum Gasteiger partial charge on any atom is 0.235 e. The van der Waals surface area contributed by atoms with Crippen molar-refractivity contribution >= 4 is 34.8 Å². The molecular weight excluding hydrogens is 440 g/mol. The lowest BCUT2D eigenvalue weighted by atomic mass is 9.95. The van der Waals surface area contributed by atoms with E-state index in [1.165, 1.54) is 48.7 Å². The van der Waals surface area contributed by atoms with Crippen LogP contribution in [0.5, 0.6) is 0 Å². The van der Waals surface area contributed by atoms with E-state index in [4.69, 9.17) is 0 Å². The van der Waals surface area contributed by atoms with Crippen LogP contribution >= 0.6 is 23.1 Å². The van der Waals surface area contributed by atoms with Gasteiger partial charge >= 0.3 is 0 Å². The second-order valence-corrected chi connectivity index (χ2v) is 10.7. The van der Waals surface area contributed by atoms with Gasteiger partial charge in [0.05, 0.1) is 18.0 Å². The second-order valence-electron chi connectivity index (χ2n) is 8.75. The summed E-state index contributed by atoms with van der Waals surface area (Å²) in [5, 5.41) is 19.5. The van der Waals surface area contributed by atoms with Crippen molar-refractivity contribution in [3.8, 4) is 0 Å². The lowest BCUT2D eigenvalue weighted by molar-refractivity contribution is -0.113. The van der Waals surface area contributed by atoms with E-state index < -0.39 is 0 Å². The number of rotatable bonds is 8. The number of aromatic nitrogens is 5. The van der Waals surface area contributed by atoms with Crippen molar-refractivity contribution in [1.82, 2.24) is 24.5 Å². The highest BCUT2D eigenvalue weighted by molar-refractivity contribution is 7.99. The molecule has 0 aliphatic heterocycles. The molecule has 3 heterocycles. The van der Waals surface area contributed by atoms with Crippen molar-refractivity contribution in [2.75, 3.05) is 11.1 Å². The molecule has 5 rings (SSSR count). The molecule has 1 amide bonds. The topological polar surface area (TPSA) is 77.6 Å². The van der Waals surface area contributed by atoms with Gasteiger partial charge in [-0.3, -0.25) is 4.79 Å². The standard InChI is InChI=1S/C23H30N6OS2/c30-22(25-20-12-13-24-29(20)18-9-4-5-10-18)16-32-23-27-26-21(15-19-11-6-14-31-19)28(23)17-7-2-1-3-8-17/h6,11-14,17-18H,1-5,7-10,15-16H2,(H,25,30). The van der Waals surface area contributed by atoms with Crippen LogP contribution in [0.4, 0.5) is 5.82 Å². The molecule has 2 saturated carbocycles. The van der Waals surface area contributed by atoms with Crippen LogP contribution in [0.15, 0.2) is 34.9 Å². The number of carbonyl (C=O) groups excluding carboxylic acids is 1. The number of hydrogen-bond acceptors (Lipinski definition) is 6. The van der Waals surface area contributed by atoms with Crippen LogP contribution in [0.2, 0.25) is 0 Å². The van der Waals surface area contributed by atoms with Crippen LogP contribution in [0, 0.1) is 0 Å². The van der Waals surface area contributed by atoms with E-state index >= 15 is 0 Å². The van der Waals surface area contributed by atoms with Crippen LogP contribution < -0.4 is 5.32 Å². The largest absolute Gasteiger partial charge is 0.310 e. The molecular formula is C23H30N6OS2. The minimum Gasteiger partial charge on any atom is -0.310 e. The van der Waals surface area contributed by atoms with Gasteiger partial charge in [-0.15, -0.1) is 21.5 Å². The van der Waals surface area contributed by atoms with E-state index in [0.29, 0.717) is 17.8 Å². The molecule has 0 radical (unpaired) electrons. The lowest BCUT2D eigenvalue weighted by Gasteiger charge is -2.25. The summed E-state index contributed by atoms with van der Waals surface area (Å²) in [6, 6.07) is 6.96. The maximum atomic E-state index is 12.8. The number of nitrogens with one attached hydrogen (secondary N) is 1. The Kier molecular flexibility index (Phi) is 6.92. The molecule has 9 heteroatoms. The van der Waals surface area contributed by atoms with Crippen LogP contribution in [-0.4, -0.2) is 36.2 Å². The Labute approximate surface area is 197 Å². The quantitative estimate of drug-likeness (QED) is 0.441. The highest BCUT2D eigenvalue weighted by Gasteiger charge is 2.24. The van der Waals surface area contributed by atoms with Crippen LogP contribution in [-0.2, 0) is 11.2 Å². The number of anilines is 1. The average molecular weight is 471 g/mol. The summed E-state index contributed by atoms with van der Waals surface area (Å²) in [7, 11) is 0. The number of nitrogens with zero attached hydrogens (tertiary/aromatic N) is 5. The third-order valence-electron chi connectivity index (χ3n) is 6.53. The van der Waals surface area contributed by atoms with Crippen molar-refractivity contribution < 1.29 is 4.79 Å². The normalized spacial score (nSPS) is 17.8. The van der Waals surface area contributed by atoms with E-state index in [0.717, 1.165) is 48.9 Å². The van der Waals surface area contributed by atoms with Gasteiger partial charge < -0.3 is 9.88 Å². The third-order valence-corrected chi connectivity index (χ3v) is 8.35. The van der Waals surface area contributed by atoms with Gasteiger partial charge in [0.1, 0.15) is 11.6 Å². The summed E-state index contributed by atoms with van der Waals surface area (Å²) in [6.07, 6.45) is 13.4. The van der Waals surface area contributed by atoms with Crippen LogP contribution in [0.1, 0.15) is 80.6 Å². The molecule has 3 aromatic rings. The van der Waals surface area contributed by atoms with Gasteiger partial charge in [-0.1, -0.05) is 49.9 Å². The van der Waals surface area contributed by atoms with Crippen LogP contribution in [0.25, 0.3) is 0 Å². The van der Waals surface area contributed by atoms with Crippen LogP contribution in [0.3, 0.4) is 0 Å². The summed E-state index contributed by atoms with van der Waals surface area (Å²) in [6.45, 7) is 0. The summed E-state index contributed by atoms with van der Waals surface area (Å²) < 4.78 is 4.30. The zero-order valence-electron chi connectivity index (χ0n) is 18.3. The molecule has 2 fully saturated rings. The molecule has 0 atom stereocenters. The highest BCUT2D eigenvalue weighted by atomic mass is 32.2. The predicted molar refractivity (Wildman–Crippen MR) is 128 cm³/mol. The Morgan fingerprint density at radius 1 is 1.06 bits per heavy atom. The van der Waals surface area contributed by atoms with Gasteiger partial charge in [-0.2, -0.15) is 5.10 Å². The Morgan fingerprint density at radius 2 is 1.84 bits per heavy atom. The van der Waals surface area contributed by atoms with Crippen molar-refractivity contribution in [3.63, 3.8) is 0 Å². The lowest BCUT2D eigenvalue weighted by Crippen LogP contribution is -2.20. The van der Waals surface area contributed by atoms with Crippen molar-refractivity contribution in [3.05, 3.63) is 40.5 Å². The first-order valence-corrected chi connectivity index (χ1v) is 13.6. The summed E-state index contributed by atoms with van der Waals surface area (Å²) >= 11 is 3.25. The second kappa shape index (κ2) is 10.2. The number of thiophene rings is 1. The van der Waals surface area contributed by atoms with E-state index in [1.807, 2.05) is 10.7 Å². The molecule has 0 unspecified atom stereocenters. The summed E-state index contributed by atoms with van der Waals surface area (Å²) in [5.41, 5.74) is 0. The Morgan fingerprint density at radius 3 is 2.62 bits per heavy atom. The highest BCUT2D eigenvalue weighted by Crippen LogP contribution is 2.34. The molecule has 170 valence electrons. The first kappa shape index (κ1) is 21.7. The zero-order chi connectivity index (χ0) is 21.8. The molecule has 2 aliphatic carbocycles. The minimum absolute atomic E-state index is 0.0206.